The van der Waals surface area contributed by atoms with Gasteiger partial charge in [-0.3, -0.25) is 9.59 Å². The van der Waals surface area contributed by atoms with Gasteiger partial charge < -0.3 is 9.14 Å². The van der Waals surface area contributed by atoms with Crippen LogP contribution < -0.4 is 0 Å². The number of nitrogens with zero attached hydrogens (tertiary/aromatic N) is 1. The Morgan fingerprint density at radius 3 is 1.79 bits per heavy atom. The van der Waals surface area contributed by atoms with Crippen LogP contribution in [0.3, 0.4) is 0 Å². The van der Waals surface area contributed by atoms with Crippen LogP contribution in [0, 0.1) is 0 Å². The smallest absolute Gasteiger partial charge is 0.340 e. The van der Waals surface area contributed by atoms with E-state index in [-0.39, 0.29) is 22.8 Å². The molecule has 0 radical (unpaired) electrons. The van der Waals surface area contributed by atoms with Gasteiger partial charge in [0, 0.05) is 11.1 Å². The number of fused-ring (bicyclic) bond motifs is 1. The number of pyridine rings is 1. The Morgan fingerprint density at radius 2 is 1.24 bits per heavy atom. The minimum atomic E-state index is -0.570. The maximum atomic E-state index is 13.2. The second-order valence-corrected chi connectivity index (χ2v) is 6.46. The van der Waals surface area contributed by atoms with Crippen LogP contribution in [-0.4, -0.2) is 29.0 Å². The van der Waals surface area contributed by atoms with Crippen LogP contribution in [0.5, 0.6) is 0 Å². The number of ether oxygens (including phenoxy) is 1. The molecule has 5 nitrogen and oxygen atoms in total. The van der Waals surface area contributed by atoms with E-state index >= 15 is 0 Å². The Hall–Kier alpha value is -3.99. The van der Waals surface area contributed by atoms with E-state index in [1.807, 2.05) is 12.1 Å². The average molecular weight is 383 g/mol. The third-order valence-electron chi connectivity index (χ3n) is 4.73. The van der Waals surface area contributed by atoms with Crippen LogP contribution >= 0.6 is 0 Å². The Bertz CT molecular complexity index is 1220. The lowest BCUT2D eigenvalue weighted by atomic mass is 10.1. The lowest BCUT2D eigenvalue weighted by Crippen LogP contribution is -2.13. The first-order valence-corrected chi connectivity index (χ1v) is 9.04. The van der Waals surface area contributed by atoms with E-state index in [4.69, 9.17) is 4.74 Å². The van der Waals surface area contributed by atoms with E-state index < -0.39 is 5.97 Å². The number of aromatic nitrogens is 1. The predicted octanol–water partition coefficient (Wildman–Crippen LogP) is 4.19. The van der Waals surface area contributed by atoms with Gasteiger partial charge in [-0.15, -0.1) is 0 Å². The molecule has 2 aromatic carbocycles. The molecule has 2 aromatic heterocycles. The van der Waals surface area contributed by atoms with Crippen molar-refractivity contribution in [3.05, 3.63) is 113 Å². The van der Waals surface area contributed by atoms with Gasteiger partial charge in [0.1, 0.15) is 0 Å². The SMILES string of the molecule is COC(=O)c1cc(C(=O)c2ccccc2)n2c(C(=O)c3ccccc3)cccc12. The number of rotatable bonds is 5. The molecule has 0 aliphatic carbocycles. The number of hydrogen-bond acceptors (Lipinski definition) is 4. The monoisotopic (exact) mass is 383 g/mol. The van der Waals surface area contributed by atoms with E-state index in [2.05, 4.69) is 0 Å². The van der Waals surface area contributed by atoms with Gasteiger partial charge in [0.15, 0.2) is 0 Å². The van der Waals surface area contributed by atoms with Crippen molar-refractivity contribution in [1.82, 2.24) is 4.40 Å². The zero-order valence-electron chi connectivity index (χ0n) is 15.7. The van der Waals surface area contributed by atoms with Crippen molar-refractivity contribution in [2.45, 2.75) is 0 Å². The van der Waals surface area contributed by atoms with Crippen LogP contribution in [0.4, 0.5) is 0 Å². The molecule has 0 fully saturated rings. The molecule has 0 bridgehead atoms. The van der Waals surface area contributed by atoms with Gasteiger partial charge in [0.05, 0.1) is 29.6 Å². The highest BCUT2D eigenvalue weighted by Gasteiger charge is 2.24. The maximum absolute atomic E-state index is 13.2. The van der Waals surface area contributed by atoms with E-state index in [1.54, 1.807) is 66.7 Å². The van der Waals surface area contributed by atoms with Gasteiger partial charge in [0.2, 0.25) is 11.6 Å². The van der Waals surface area contributed by atoms with Crippen LogP contribution in [0.1, 0.15) is 42.5 Å². The van der Waals surface area contributed by atoms with Gasteiger partial charge in [-0.2, -0.15) is 0 Å². The van der Waals surface area contributed by atoms with Gasteiger partial charge in [0.25, 0.3) is 0 Å². The summed E-state index contributed by atoms with van der Waals surface area (Å²) in [4.78, 5) is 38.7. The van der Waals surface area contributed by atoms with E-state index in [0.29, 0.717) is 22.3 Å². The number of carbonyl (C=O) groups is 3. The third-order valence-corrected chi connectivity index (χ3v) is 4.73. The number of esters is 1. The summed E-state index contributed by atoms with van der Waals surface area (Å²) in [5.41, 5.74) is 2.15. The first-order chi connectivity index (χ1) is 14.1. The van der Waals surface area contributed by atoms with Crippen molar-refractivity contribution in [2.24, 2.45) is 0 Å². The molecular formula is C24H17NO4. The van der Waals surface area contributed by atoms with Crippen molar-refractivity contribution in [3.8, 4) is 0 Å². The Balaban J connectivity index is 1.99. The van der Waals surface area contributed by atoms with E-state index in [1.165, 1.54) is 17.6 Å². The molecule has 29 heavy (non-hydrogen) atoms. The summed E-state index contributed by atoms with van der Waals surface area (Å²) >= 11 is 0. The average Bonchev–Trinajstić information content (AvgIpc) is 3.18. The largest absolute Gasteiger partial charge is 0.465 e. The minimum absolute atomic E-state index is 0.228. The normalized spacial score (nSPS) is 10.7. The Morgan fingerprint density at radius 1 is 0.690 bits per heavy atom. The number of ketones is 2. The Labute approximate surface area is 167 Å². The molecular weight excluding hydrogens is 366 g/mol. The lowest BCUT2D eigenvalue weighted by Gasteiger charge is -2.09. The summed E-state index contributed by atoms with van der Waals surface area (Å²) in [6.45, 7) is 0. The molecule has 4 aromatic rings. The summed E-state index contributed by atoms with van der Waals surface area (Å²) in [6.07, 6.45) is 0. The van der Waals surface area contributed by atoms with Gasteiger partial charge in [-0.1, -0.05) is 66.7 Å². The fraction of sp³-hybridized carbons (Fsp3) is 0.0417. The fourth-order valence-corrected chi connectivity index (χ4v) is 3.35. The molecule has 0 atom stereocenters. The molecule has 0 unspecified atom stereocenters. The topological polar surface area (TPSA) is 64.8 Å². The second-order valence-electron chi connectivity index (χ2n) is 6.46. The quantitative estimate of drug-likeness (QED) is 0.383. The van der Waals surface area contributed by atoms with E-state index in [9.17, 15) is 14.4 Å². The number of benzene rings is 2. The number of methoxy groups -OCH3 is 1. The third kappa shape index (κ3) is 3.23. The molecule has 0 spiro atoms. The molecule has 142 valence electrons. The van der Waals surface area contributed by atoms with Crippen LogP contribution in [0.25, 0.3) is 5.52 Å². The van der Waals surface area contributed by atoms with Crippen molar-refractivity contribution in [1.29, 1.82) is 0 Å². The highest BCUT2D eigenvalue weighted by molar-refractivity contribution is 6.14. The first kappa shape index (κ1) is 18.4. The summed E-state index contributed by atoms with van der Waals surface area (Å²) in [5, 5.41) is 0. The van der Waals surface area contributed by atoms with Gasteiger partial charge >= 0.3 is 5.97 Å². The summed E-state index contributed by atoms with van der Waals surface area (Å²) in [7, 11) is 1.28. The molecule has 0 N–H and O–H groups in total. The molecule has 0 saturated heterocycles. The second kappa shape index (κ2) is 7.56. The lowest BCUT2D eigenvalue weighted by molar-refractivity contribution is 0.0603. The highest BCUT2D eigenvalue weighted by Crippen LogP contribution is 2.24. The number of hydrogen-bond donors (Lipinski definition) is 0. The summed E-state index contributed by atoms with van der Waals surface area (Å²) in [6, 6.07) is 24.0. The van der Waals surface area contributed by atoms with Crippen molar-refractivity contribution in [3.63, 3.8) is 0 Å². The number of carbonyl (C=O) groups excluding carboxylic acids is 3. The highest BCUT2D eigenvalue weighted by atomic mass is 16.5. The molecule has 5 heteroatoms. The molecule has 0 saturated carbocycles. The van der Waals surface area contributed by atoms with Crippen molar-refractivity contribution < 1.29 is 19.1 Å². The molecule has 0 aliphatic rings. The van der Waals surface area contributed by atoms with Crippen molar-refractivity contribution in [2.75, 3.05) is 7.11 Å². The zero-order chi connectivity index (χ0) is 20.4. The summed E-state index contributed by atoms with van der Waals surface area (Å²) in [5.74, 6) is -1.10. The Kier molecular flexibility index (Phi) is 4.79. The van der Waals surface area contributed by atoms with Crippen LogP contribution in [0.15, 0.2) is 84.9 Å². The predicted molar refractivity (Wildman–Crippen MR) is 108 cm³/mol. The zero-order valence-corrected chi connectivity index (χ0v) is 15.7. The van der Waals surface area contributed by atoms with Gasteiger partial charge in [-0.05, 0) is 18.2 Å². The minimum Gasteiger partial charge on any atom is -0.465 e. The van der Waals surface area contributed by atoms with Crippen LogP contribution in [-0.2, 0) is 4.74 Å². The first-order valence-electron chi connectivity index (χ1n) is 9.04. The van der Waals surface area contributed by atoms with Gasteiger partial charge in [-0.25, -0.2) is 4.79 Å². The fourth-order valence-electron chi connectivity index (χ4n) is 3.35. The molecule has 0 aliphatic heterocycles. The maximum Gasteiger partial charge on any atom is 0.340 e. The van der Waals surface area contributed by atoms with Crippen molar-refractivity contribution >= 4 is 23.1 Å². The standard InChI is InChI=1S/C24H17NO4/c1-29-24(28)18-15-21(23(27)17-11-6-3-7-12-17)25-19(18)13-8-14-20(25)22(26)16-9-4-2-5-10-16/h2-15H,1H3. The summed E-state index contributed by atoms with van der Waals surface area (Å²) < 4.78 is 6.42. The van der Waals surface area contributed by atoms with E-state index in [0.717, 1.165) is 0 Å². The molecule has 0 amide bonds. The van der Waals surface area contributed by atoms with Crippen LogP contribution in [0.2, 0.25) is 0 Å². The molecule has 4 rings (SSSR count). The molecule has 2 heterocycles.